The minimum absolute atomic E-state index is 0.0335. The van der Waals surface area contributed by atoms with E-state index in [-0.39, 0.29) is 12.1 Å². The highest BCUT2D eigenvalue weighted by molar-refractivity contribution is 7.80. The lowest BCUT2D eigenvalue weighted by Crippen LogP contribution is -2.39. The molecule has 0 radical (unpaired) electrons. The first-order chi connectivity index (χ1) is 16.6. The Bertz CT molecular complexity index is 1140. The van der Waals surface area contributed by atoms with Gasteiger partial charge in [0.05, 0.1) is 41.7 Å². The quantitative estimate of drug-likeness (QED) is 0.452. The molecular formula is C25H27Cl2N5OS. The molecule has 2 aliphatic heterocycles. The summed E-state index contributed by atoms with van der Waals surface area (Å²) in [6.45, 7) is 5.46. The number of morpholine rings is 1. The van der Waals surface area contributed by atoms with E-state index in [9.17, 15) is 0 Å². The number of pyridine rings is 1. The van der Waals surface area contributed by atoms with Crippen LogP contribution in [0.4, 0.5) is 0 Å². The molecule has 2 saturated heterocycles. The summed E-state index contributed by atoms with van der Waals surface area (Å²) < 4.78 is 7.62. The third-order valence-corrected chi connectivity index (χ3v) is 7.32. The van der Waals surface area contributed by atoms with Crippen LogP contribution in [0, 0.1) is 0 Å². The molecule has 178 valence electrons. The Kier molecular flexibility index (Phi) is 7.37. The van der Waals surface area contributed by atoms with Gasteiger partial charge in [-0.05, 0) is 61.1 Å². The predicted molar refractivity (Wildman–Crippen MR) is 140 cm³/mol. The van der Waals surface area contributed by atoms with E-state index in [0.29, 0.717) is 10.0 Å². The lowest BCUT2D eigenvalue weighted by molar-refractivity contribution is 0.0365. The summed E-state index contributed by atoms with van der Waals surface area (Å²) in [6, 6.07) is 15.7. The molecule has 2 fully saturated rings. The number of hydrogen-bond donors (Lipinski definition) is 1. The second kappa shape index (κ2) is 10.6. The normalized spacial score (nSPS) is 21.1. The fourth-order valence-corrected chi connectivity index (χ4v) is 5.62. The van der Waals surface area contributed by atoms with Gasteiger partial charge in [-0.1, -0.05) is 29.3 Å². The maximum Gasteiger partial charge on any atom is 0.170 e. The van der Waals surface area contributed by atoms with Gasteiger partial charge in [0.25, 0.3) is 0 Å². The van der Waals surface area contributed by atoms with E-state index in [4.69, 9.17) is 40.2 Å². The molecular weight excluding hydrogens is 489 g/mol. The standard InChI is InChI=1S/C25H27Cl2N5OS/c26-18-7-8-21(19(27)17-18)31-11-3-6-22(31)24-23(20-5-1-2-9-28-20)29-25(34)32(24)12-4-10-30-13-15-33-16-14-30/h1-3,5-9,11,17,23-24H,4,10,12-16H2,(H,29,34)/t23-,24-/m1/s1. The monoisotopic (exact) mass is 515 g/mol. The van der Waals surface area contributed by atoms with Crippen molar-refractivity contribution in [2.45, 2.75) is 18.5 Å². The van der Waals surface area contributed by atoms with Crippen LogP contribution in [0.5, 0.6) is 0 Å². The number of hydrogen-bond acceptors (Lipinski definition) is 4. The van der Waals surface area contributed by atoms with Crippen molar-refractivity contribution in [3.8, 4) is 5.69 Å². The minimum Gasteiger partial charge on any atom is -0.379 e. The van der Waals surface area contributed by atoms with Gasteiger partial charge in [0.1, 0.15) is 0 Å². The van der Waals surface area contributed by atoms with Crippen molar-refractivity contribution in [3.05, 3.63) is 82.4 Å². The smallest absolute Gasteiger partial charge is 0.170 e. The lowest BCUT2D eigenvalue weighted by atomic mass is 10.0. The van der Waals surface area contributed by atoms with Crippen molar-refractivity contribution in [1.29, 1.82) is 0 Å². The van der Waals surface area contributed by atoms with Crippen LogP contribution in [0.25, 0.3) is 5.69 Å². The fourth-order valence-electron chi connectivity index (χ4n) is 4.79. The number of halogens is 2. The van der Waals surface area contributed by atoms with Gasteiger partial charge < -0.3 is 19.5 Å². The number of nitrogens with one attached hydrogen (secondary N) is 1. The third kappa shape index (κ3) is 4.95. The molecule has 0 bridgehead atoms. The average molecular weight is 516 g/mol. The number of rotatable bonds is 7. The second-order valence-corrected chi connectivity index (χ2v) is 9.76. The molecule has 1 N–H and O–H groups in total. The van der Waals surface area contributed by atoms with Crippen molar-refractivity contribution >= 4 is 40.5 Å². The van der Waals surface area contributed by atoms with Crippen LogP contribution < -0.4 is 5.32 Å². The minimum atomic E-state index is -0.0724. The summed E-state index contributed by atoms with van der Waals surface area (Å²) >= 11 is 18.6. The van der Waals surface area contributed by atoms with Gasteiger partial charge in [-0.25, -0.2) is 0 Å². The van der Waals surface area contributed by atoms with Crippen LogP contribution in [0.2, 0.25) is 10.0 Å². The Morgan fingerprint density at radius 3 is 2.68 bits per heavy atom. The predicted octanol–water partition coefficient (Wildman–Crippen LogP) is 4.87. The largest absolute Gasteiger partial charge is 0.379 e. The number of nitrogens with zero attached hydrogens (tertiary/aromatic N) is 4. The molecule has 2 aromatic heterocycles. The Morgan fingerprint density at radius 1 is 1.06 bits per heavy atom. The topological polar surface area (TPSA) is 45.6 Å². The highest BCUT2D eigenvalue weighted by atomic mass is 35.5. The Morgan fingerprint density at radius 2 is 1.91 bits per heavy atom. The molecule has 0 spiro atoms. The molecule has 5 rings (SSSR count). The first-order valence-electron chi connectivity index (χ1n) is 11.5. The van der Waals surface area contributed by atoms with Crippen molar-refractivity contribution in [3.63, 3.8) is 0 Å². The van der Waals surface area contributed by atoms with E-state index >= 15 is 0 Å². The highest BCUT2D eigenvalue weighted by Gasteiger charge is 2.41. The molecule has 0 aliphatic carbocycles. The van der Waals surface area contributed by atoms with Crippen molar-refractivity contribution in [1.82, 2.24) is 24.7 Å². The van der Waals surface area contributed by atoms with Gasteiger partial charge in [0, 0.05) is 49.3 Å². The van der Waals surface area contributed by atoms with Crippen LogP contribution in [0.3, 0.4) is 0 Å². The Hall–Kier alpha value is -2.16. The maximum atomic E-state index is 6.60. The molecule has 0 unspecified atom stereocenters. The van der Waals surface area contributed by atoms with Gasteiger partial charge >= 0.3 is 0 Å². The molecule has 0 saturated carbocycles. The average Bonchev–Trinajstić information content (AvgIpc) is 3.45. The summed E-state index contributed by atoms with van der Waals surface area (Å²) in [6.07, 6.45) is 4.87. The van der Waals surface area contributed by atoms with E-state index in [1.807, 2.05) is 48.8 Å². The van der Waals surface area contributed by atoms with Gasteiger partial charge in [-0.15, -0.1) is 0 Å². The van der Waals surface area contributed by atoms with Crippen LogP contribution in [-0.4, -0.2) is 63.9 Å². The lowest BCUT2D eigenvalue weighted by Gasteiger charge is -2.31. The van der Waals surface area contributed by atoms with Crippen molar-refractivity contribution in [2.75, 3.05) is 39.4 Å². The molecule has 2 aliphatic rings. The Labute approximate surface area is 215 Å². The third-order valence-electron chi connectivity index (χ3n) is 6.43. The van der Waals surface area contributed by atoms with E-state index < -0.39 is 0 Å². The first kappa shape index (κ1) is 23.6. The number of thiocarbonyl (C=S) groups is 1. The fraction of sp³-hybridized carbons (Fsp3) is 0.360. The number of benzene rings is 1. The second-order valence-electron chi connectivity index (χ2n) is 8.53. The van der Waals surface area contributed by atoms with Crippen LogP contribution in [0.1, 0.15) is 29.9 Å². The van der Waals surface area contributed by atoms with Gasteiger partial charge in [-0.2, -0.15) is 0 Å². The zero-order valence-electron chi connectivity index (χ0n) is 18.7. The SMILES string of the molecule is S=C1N[C@H](c2ccccn2)[C@@H](c2cccn2-c2ccc(Cl)cc2Cl)N1CCCN1CCOCC1. The van der Waals surface area contributed by atoms with Crippen LogP contribution >= 0.6 is 35.4 Å². The summed E-state index contributed by atoms with van der Waals surface area (Å²) in [5.41, 5.74) is 2.94. The van der Waals surface area contributed by atoms with Crippen LogP contribution in [-0.2, 0) is 4.74 Å². The Balaban J connectivity index is 1.46. The molecule has 0 amide bonds. The van der Waals surface area contributed by atoms with Crippen molar-refractivity contribution in [2.24, 2.45) is 0 Å². The number of aromatic nitrogens is 2. The van der Waals surface area contributed by atoms with E-state index in [1.165, 1.54) is 0 Å². The molecule has 9 heteroatoms. The first-order valence-corrected chi connectivity index (χ1v) is 12.7. The molecule has 3 aromatic rings. The number of ether oxygens (including phenoxy) is 1. The molecule has 6 nitrogen and oxygen atoms in total. The maximum absolute atomic E-state index is 6.60. The van der Waals surface area contributed by atoms with E-state index in [1.54, 1.807) is 6.07 Å². The summed E-state index contributed by atoms with van der Waals surface area (Å²) in [5.74, 6) is 0. The highest BCUT2D eigenvalue weighted by Crippen LogP contribution is 2.40. The zero-order chi connectivity index (χ0) is 23.5. The summed E-state index contributed by atoms with van der Waals surface area (Å²) in [4.78, 5) is 9.40. The van der Waals surface area contributed by atoms with Crippen LogP contribution in [0.15, 0.2) is 60.9 Å². The summed E-state index contributed by atoms with van der Waals surface area (Å²) in [7, 11) is 0. The van der Waals surface area contributed by atoms with Gasteiger partial charge in [-0.3, -0.25) is 9.88 Å². The molecule has 1 aromatic carbocycles. The molecule has 4 heterocycles. The van der Waals surface area contributed by atoms with Crippen molar-refractivity contribution < 1.29 is 4.74 Å². The summed E-state index contributed by atoms with van der Waals surface area (Å²) in [5, 5.41) is 5.51. The van der Waals surface area contributed by atoms with Gasteiger partial charge in [0.15, 0.2) is 5.11 Å². The van der Waals surface area contributed by atoms with Gasteiger partial charge in [0.2, 0.25) is 0 Å². The molecule has 2 atom stereocenters. The zero-order valence-corrected chi connectivity index (χ0v) is 21.1. The molecule has 34 heavy (non-hydrogen) atoms. The van der Waals surface area contributed by atoms with E-state index in [2.05, 4.69) is 30.7 Å². The van der Waals surface area contributed by atoms with E-state index in [0.717, 1.165) is 68.0 Å².